The molecule has 0 radical (unpaired) electrons. The predicted octanol–water partition coefficient (Wildman–Crippen LogP) is 2.72. The molecule has 134 valence electrons. The highest BCUT2D eigenvalue weighted by atomic mass is 16.5. The van der Waals surface area contributed by atoms with Crippen molar-refractivity contribution in [1.82, 2.24) is 15.5 Å². The van der Waals surface area contributed by atoms with E-state index in [0.29, 0.717) is 24.7 Å². The molecule has 3 rings (SSSR count). The molecule has 2 fully saturated rings. The first kappa shape index (κ1) is 17.4. The average Bonchev–Trinajstić information content (AvgIpc) is 3.22. The Labute approximate surface area is 143 Å². The monoisotopic (exact) mass is 335 g/mol. The molecule has 2 unspecified atom stereocenters. The van der Waals surface area contributed by atoms with E-state index in [2.05, 4.69) is 15.5 Å². The molecule has 2 saturated carbocycles. The SMILES string of the molecule is O=C(CCc1nc(C2CCCC2)no1)NC1CCCCCC1CO. The van der Waals surface area contributed by atoms with Crippen LogP contribution >= 0.6 is 0 Å². The fourth-order valence-corrected chi connectivity index (χ4v) is 4.01. The Bertz CT molecular complexity index is 525. The third kappa shape index (κ3) is 4.56. The van der Waals surface area contributed by atoms with Gasteiger partial charge in [0.1, 0.15) is 0 Å². The quantitative estimate of drug-likeness (QED) is 0.780. The van der Waals surface area contributed by atoms with Crippen LogP contribution in [0.5, 0.6) is 0 Å². The van der Waals surface area contributed by atoms with Gasteiger partial charge in [0.25, 0.3) is 0 Å². The van der Waals surface area contributed by atoms with Gasteiger partial charge in [0.05, 0.1) is 0 Å². The molecule has 0 bridgehead atoms. The molecular weight excluding hydrogens is 306 g/mol. The summed E-state index contributed by atoms with van der Waals surface area (Å²) in [5.74, 6) is 2.01. The van der Waals surface area contributed by atoms with Crippen molar-refractivity contribution in [3.8, 4) is 0 Å². The van der Waals surface area contributed by atoms with E-state index < -0.39 is 0 Å². The van der Waals surface area contributed by atoms with Crippen LogP contribution < -0.4 is 5.32 Å². The maximum atomic E-state index is 12.2. The standard InChI is InChI=1S/C18H29N3O3/c22-12-14-8-2-1-3-9-15(14)19-16(23)10-11-17-20-18(21-24-17)13-6-4-5-7-13/h13-15,22H,1-12H2,(H,19,23). The zero-order chi connectivity index (χ0) is 16.8. The van der Waals surface area contributed by atoms with E-state index in [1.54, 1.807) is 0 Å². The number of aliphatic hydroxyl groups excluding tert-OH is 1. The Kier molecular flexibility index (Phi) is 6.24. The summed E-state index contributed by atoms with van der Waals surface area (Å²) in [6.07, 6.45) is 11.0. The van der Waals surface area contributed by atoms with Gasteiger partial charge in [0.2, 0.25) is 11.8 Å². The number of carbonyl (C=O) groups is 1. The molecule has 1 heterocycles. The van der Waals surface area contributed by atoms with Crippen LogP contribution in [0.2, 0.25) is 0 Å². The van der Waals surface area contributed by atoms with Gasteiger partial charge < -0.3 is 14.9 Å². The first-order chi connectivity index (χ1) is 11.8. The first-order valence-electron chi connectivity index (χ1n) is 9.49. The van der Waals surface area contributed by atoms with Crippen molar-refractivity contribution in [2.75, 3.05) is 6.61 Å². The van der Waals surface area contributed by atoms with Crippen molar-refractivity contribution in [2.45, 2.75) is 82.6 Å². The summed E-state index contributed by atoms with van der Waals surface area (Å²) in [6.45, 7) is 0.152. The summed E-state index contributed by atoms with van der Waals surface area (Å²) in [7, 11) is 0. The largest absolute Gasteiger partial charge is 0.396 e. The fraction of sp³-hybridized carbons (Fsp3) is 0.833. The Hall–Kier alpha value is -1.43. The molecule has 2 N–H and O–H groups in total. The normalized spacial score (nSPS) is 25.5. The predicted molar refractivity (Wildman–Crippen MR) is 89.4 cm³/mol. The van der Waals surface area contributed by atoms with Crippen LogP contribution in [0.3, 0.4) is 0 Å². The molecule has 6 nitrogen and oxygen atoms in total. The highest BCUT2D eigenvalue weighted by Gasteiger charge is 2.25. The molecule has 6 heteroatoms. The third-order valence-electron chi connectivity index (χ3n) is 5.51. The topological polar surface area (TPSA) is 88.2 Å². The molecule has 0 saturated heterocycles. The van der Waals surface area contributed by atoms with E-state index >= 15 is 0 Å². The van der Waals surface area contributed by atoms with Gasteiger partial charge in [0, 0.05) is 37.3 Å². The van der Waals surface area contributed by atoms with Gasteiger partial charge in [0.15, 0.2) is 5.82 Å². The van der Waals surface area contributed by atoms with E-state index in [4.69, 9.17) is 4.52 Å². The zero-order valence-corrected chi connectivity index (χ0v) is 14.4. The smallest absolute Gasteiger partial charge is 0.227 e. The summed E-state index contributed by atoms with van der Waals surface area (Å²) < 4.78 is 5.30. The third-order valence-corrected chi connectivity index (χ3v) is 5.51. The highest BCUT2D eigenvalue weighted by Crippen LogP contribution is 2.32. The van der Waals surface area contributed by atoms with Gasteiger partial charge in [-0.05, 0) is 25.7 Å². The van der Waals surface area contributed by atoms with E-state index in [-0.39, 0.29) is 24.5 Å². The van der Waals surface area contributed by atoms with Crippen LogP contribution in [0.1, 0.15) is 81.8 Å². The molecule has 2 aliphatic carbocycles. The molecule has 2 aliphatic rings. The van der Waals surface area contributed by atoms with E-state index in [9.17, 15) is 9.90 Å². The molecular formula is C18H29N3O3. The molecule has 2 atom stereocenters. The number of aromatic nitrogens is 2. The lowest BCUT2D eigenvalue weighted by molar-refractivity contribution is -0.122. The van der Waals surface area contributed by atoms with Gasteiger partial charge in [-0.3, -0.25) is 4.79 Å². The molecule has 0 spiro atoms. The number of nitrogens with one attached hydrogen (secondary N) is 1. The van der Waals surface area contributed by atoms with Gasteiger partial charge >= 0.3 is 0 Å². The lowest BCUT2D eigenvalue weighted by atomic mass is 9.95. The van der Waals surface area contributed by atoms with E-state index in [1.807, 2.05) is 0 Å². The highest BCUT2D eigenvalue weighted by molar-refractivity contribution is 5.76. The summed E-state index contributed by atoms with van der Waals surface area (Å²) in [4.78, 5) is 16.7. The van der Waals surface area contributed by atoms with Crippen LogP contribution in [-0.4, -0.2) is 33.8 Å². The summed E-state index contributed by atoms with van der Waals surface area (Å²) in [6, 6.07) is 0.0988. The van der Waals surface area contributed by atoms with Crippen molar-refractivity contribution in [1.29, 1.82) is 0 Å². The number of hydrogen-bond donors (Lipinski definition) is 2. The Morgan fingerprint density at radius 2 is 1.88 bits per heavy atom. The van der Waals surface area contributed by atoms with Crippen LogP contribution in [0.15, 0.2) is 4.52 Å². The van der Waals surface area contributed by atoms with Crippen molar-refractivity contribution < 1.29 is 14.4 Å². The average molecular weight is 335 g/mol. The molecule has 1 amide bonds. The summed E-state index contributed by atoms with van der Waals surface area (Å²) in [5.41, 5.74) is 0. The number of aryl methyl sites for hydroxylation is 1. The second kappa shape index (κ2) is 8.60. The second-order valence-electron chi connectivity index (χ2n) is 7.28. The molecule has 1 aromatic heterocycles. The van der Waals surface area contributed by atoms with Gasteiger partial charge in [-0.15, -0.1) is 0 Å². The van der Waals surface area contributed by atoms with Crippen molar-refractivity contribution in [3.05, 3.63) is 11.7 Å². The molecule has 1 aromatic rings. The second-order valence-corrected chi connectivity index (χ2v) is 7.28. The summed E-state index contributed by atoms with van der Waals surface area (Å²) in [5, 5.41) is 16.7. The first-order valence-corrected chi connectivity index (χ1v) is 9.49. The minimum Gasteiger partial charge on any atom is -0.396 e. The van der Waals surface area contributed by atoms with E-state index in [1.165, 1.54) is 19.3 Å². The molecule has 0 aliphatic heterocycles. The number of nitrogens with zero attached hydrogens (tertiary/aromatic N) is 2. The van der Waals surface area contributed by atoms with Crippen LogP contribution in [0, 0.1) is 5.92 Å². The Morgan fingerprint density at radius 1 is 1.12 bits per heavy atom. The van der Waals surface area contributed by atoms with Gasteiger partial charge in [-0.1, -0.05) is 37.3 Å². The van der Waals surface area contributed by atoms with Crippen LogP contribution in [0.4, 0.5) is 0 Å². The number of carbonyl (C=O) groups excluding carboxylic acids is 1. The van der Waals surface area contributed by atoms with E-state index in [0.717, 1.165) is 44.3 Å². The summed E-state index contributed by atoms with van der Waals surface area (Å²) >= 11 is 0. The number of amides is 1. The molecule has 0 aromatic carbocycles. The van der Waals surface area contributed by atoms with Crippen molar-refractivity contribution in [3.63, 3.8) is 0 Å². The Balaban J connectivity index is 1.46. The van der Waals surface area contributed by atoms with Crippen molar-refractivity contribution >= 4 is 5.91 Å². The zero-order valence-electron chi connectivity index (χ0n) is 14.4. The van der Waals surface area contributed by atoms with Gasteiger partial charge in [-0.25, -0.2) is 0 Å². The maximum Gasteiger partial charge on any atom is 0.227 e. The lowest BCUT2D eigenvalue weighted by Gasteiger charge is -2.24. The van der Waals surface area contributed by atoms with Crippen LogP contribution in [-0.2, 0) is 11.2 Å². The minimum atomic E-state index is 0.0148. The van der Waals surface area contributed by atoms with Crippen LogP contribution in [0.25, 0.3) is 0 Å². The molecule has 24 heavy (non-hydrogen) atoms. The fourth-order valence-electron chi connectivity index (χ4n) is 4.01. The Morgan fingerprint density at radius 3 is 2.67 bits per heavy atom. The van der Waals surface area contributed by atoms with Gasteiger partial charge in [-0.2, -0.15) is 4.98 Å². The maximum absolute atomic E-state index is 12.2. The van der Waals surface area contributed by atoms with Crippen molar-refractivity contribution in [2.24, 2.45) is 5.92 Å². The number of aliphatic hydroxyl groups is 1. The number of hydrogen-bond acceptors (Lipinski definition) is 5. The lowest BCUT2D eigenvalue weighted by Crippen LogP contribution is -2.41. The number of rotatable bonds is 6. The minimum absolute atomic E-state index is 0.0148.